The first-order chi connectivity index (χ1) is 14.0. The van der Waals surface area contributed by atoms with Gasteiger partial charge < -0.3 is 15.8 Å². The van der Waals surface area contributed by atoms with E-state index in [0.717, 1.165) is 11.3 Å². The van der Waals surface area contributed by atoms with Crippen LogP contribution < -0.4 is 15.8 Å². The number of ether oxygens (including phenoxy) is 1. The summed E-state index contributed by atoms with van der Waals surface area (Å²) in [5.41, 5.74) is 7.09. The van der Waals surface area contributed by atoms with Gasteiger partial charge in [-0.1, -0.05) is 29.8 Å². The number of carbonyl (C=O) groups is 2. The van der Waals surface area contributed by atoms with Gasteiger partial charge in [0.1, 0.15) is 5.75 Å². The Bertz CT molecular complexity index is 1170. The lowest BCUT2D eigenvalue weighted by molar-refractivity contribution is -0.117. The molecule has 0 radical (unpaired) electrons. The molecule has 0 spiro atoms. The van der Waals surface area contributed by atoms with Crippen LogP contribution in [0.15, 0.2) is 54.7 Å². The van der Waals surface area contributed by atoms with E-state index in [9.17, 15) is 9.59 Å². The van der Waals surface area contributed by atoms with Crippen LogP contribution in [-0.2, 0) is 4.79 Å². The maximum Gasteiger partial charge on any atom is 0.299 e. The molecule has 2 aromatic carbocycles. The minimum absolute atomic E-state index is 0.233. The van der Waals surface area contributed by atoms with E-state index in [1.165, 1.54) is 11.3 Å². The number of hydrogen-bond donors (Lipinski definition) is 2. The number of nitrogens with two attached hydrogens (primary N) is 1. The summed E-state index contributed by atoms with van der Waals surface area (Å²) >= 11 is 7.19. The summed E-state index contributed by atoms with van der Waals surface area (Å²) in [6, 6.07) is 13.9. The molecule has 0 fully saturated rings. The maximum absolute atomic E-state index is 12.0. The van der Waals surface area contributed by atoms with E-state index < -0.39 is 11.8 Å². The van der Waals surface area contributed by atoms with Gasteiger partial charge >= 0.3 is 0 Å². The lowest BCUT2D eigenvalue weighted by Gasteiger charge is -2.05. The molecule has 3 N–H and O–H groups in total. The predicted molar refractivity (Wildman–Crippen MR) is 109 cm³/mol. The molecule has 0 aliphatic heterocycles. The number of halogens is 1. The highest BCUT2D eigenvalue weighted by atomic mass is 35.5. The fourth-order valence-corrected chi connectivity index (χ4v) is 3.43. The Morgan fingerprint density at radius 2 is 2.00 bits per heavy atom. The third-order valence-electron chi connectivity index (χ3n) is 3.89. The van der Waals surface area contributed by atoms with Gasteiger partial charge in [0.05, 0.1) is 18.4 Å². The highest BCUT2D eigenvalue weighted by molar-refractivity contribution is 7.18. The van der Waals surface area contributed by atoms with Crippen molar-refractivity contribution in [3.63, 3.8) is 0 Å². The van der Waals surface area contributed by atoms with Crippen molar-refractivity contribution in [1.29, 1.82) is 0 Å². The van der Waals surface area contributed by atoms with Crippen LogP contribution in [0, 0.1) is 0 Å². The van der Waals surface area contributed by atoms with Crippen molar-refractivity contribution in [2.45, 2.75) is 0 Å². The normalized spacial score (nSPS) is 10.8. The van der Waals surface area contributed by atoms with E-state index in [-0.39, 0.29) is 6.54 Å². The Morgan fingerprint density at radius 3 is 2.72 bits per heavy atom. The molecule has 0 aliphatic carbocycles. The molecular formula is C19H14ClN5O3S. The maximum atomic E-state index is 12.0. The molecule has 2 heterocycles. The second-order valence-electron chi connectivity index (χ2n) is 6.01. The number of fused-ring (bicyclic) bond motifs is 1. The van der Waals surface area contributed by atoms with E-state index >= 15 is 0 Å². The highest BCUT2D eigenvalue weighted by Gasteiger charge is 2.13. The summed E-state index contributed by atoms with van der Waals surface area (Å²) in [5.74, 6) is -0.600. The molecule has 10 heteroatoms. The minimum Gasteiger partial charge on any atom is -0.430 e. The van der Waals surface area contributed by atoms with Gasteiger partial charge in [-0.25, -0.2) is 9.50 Å². The lowest BCUT2D eigenvalue weighted by atomic mass is 10.2. The summed E-state index contributed by atoms with van der Waals surface area (Å²) in [4.78, 5) is 28.0. The van der Waals surface area contributed by atoms with Gasteiger partial charge in [0.2, 0.25) is 10.9 Å². The Morgan fingerprint density at radius 1 is 1.21 bits per heavy atom. The topological polar surface area (TPSA) is 112 Å². The molecule has 0 bridgehead atoms. The zero-order valence-corrected chi connectivity index (χ0v) is 16.4. The number of nitrogens with one attached hydrogen (secondary N) is 1. The molecule has 0 saturated carbocycles. The molecule has 0 saturated heterocycles. The number of nitrogens with zero attached hydrogens (tertiary/aromatic N) is 3. The van der Waals surface area contributed by atoms with Gasteiger partial charge in [-0.15, -0.1) is 5.10 Å². The number of primary amides is 1. The third kappa shape index (κ3) is 4.36. The summed E-state index contributed by atoms with van der Waals surface area (Å²) in [7, 11) is 0. The summed E-state index contributed by atoms with van der Waals surface area (Å²) < 4.78 is 7.39. The largest absolute Gasteiger partial charge is 0.430 e. The van der Waals surface area contributed by atoms with Gasteiger partial charge in [0.15, 0.2) is 0 Å². The zero-order chi connectivity index (χ0) is 20.4. The van der Waals surface area contributed by atoms with Crippen LogP contribution in [-0.4, -0.2) is 33.0 Å². The summed E-state index contributed by atoms with van der Waals surface area (Å²) in [6.45, 7) is -0.233. The number of carbonyl (C=O) groups excluding carboxylic acids is 2. The zero-order valence-electron chi connectivity index (χ0n) is 14.8. The fourth-order valence-electron chi connectivity index (χ4n) is 2.55. The Hall–Kier alpha value is -3.43. The van der Waals surface area contributed by atoms with Gasteiger partial charge in [0.25, 0.3) is 11.1 Å². The van der Waals surface area contributed by atoms with E-state index in [2.05, 4.69) is 15.4 Å². The molecule has 2 aromatic heterocycles. The number of amides is 2. The second-order valence-corrected chi connectivity index (χ2v) is 7.36. The van der Waals surface area contributed by atoms with Crippen molar-refractivity contribution in [3.05, 3.63) is 65.3 Å². The van der Waals surface area contributed by atoms with Gasteiger partial charge in [0, 0.05) is 16.1 Å². The van der Waals surface area contributed by atoms with E-state index in [0.29, 0.717) is 26.5 Å². The molecule has 8 nitrogen and oxygen atoms in total. The summed E-state index contributed by atoms with van der Waals surface area (Å²) in [5, 5.41) is 7.84. The smallest absolute Gasteiger partial charge is 0.299 e. The number of rotatable bonds is 6. The molecule has 2 amide bonds. The quantitative estimate of drug-likeness (QED) is 0.491. The average molecular weight is 428 g/mol. The fraction of sp³-hybridized carbons (Fsp3) is 0.0526. The van der Waals surface area contributed by atoms with E-state index in [1.54, 1.807) is 47.1 Å². The SMILES string of the molecule is NC(=O)CNC(=O)c1cccc(Oc2nn3cc(-c4ccc(Cl)cc4)nc3s2)c1. The number of aromatic nitrogens is 3. The molecule has 0 aliphatic rings. The van der Waals surface area contributed by atoms with Gasteiger partial charge in [-0.2, -0.15) is 0 Å². The van der Waals surface area contributed by atoms with Crippen molar-refractivity contribution >= 4 is 39.7 Å². The van der Waals surface area contributed by atoms with Crippen LogP contribution in [0.25, 0.3) is 16.2 Å². The molecule has 4 aromatic rings. The number of benzene rings is 2. The van der Waals surface area contributed by atoms with Crippen LogP contribution in [0.1, 0.15) is 10.4 Å². The molecule has 146 valence electrons. The summed E-state index contributed by atoms with van der Waals surface area (Å²) in [6.07, 6.45) is 1.80. The van der Waals surface area contributed by atoms with Crippen molar-refractivity contribution in [2.75, 3.05) is 6.54 Å². The monoisotopic (exact) mass is 427 g/mol. The van der Waals surface area contributed by atoms with E-state index in [4.69, 9.17) is 22.1 Å². The first-order valence-corrected chi connectivity index (χ1v) is 9.64. The van der Waals surface area contributed by atoms with Crippen molar-refractivity contribution in [1.82, 2.24) is 19.9 Å². The van der Waals surface area contributed by atoms with Crippen LogP contribution in [0.3, 0.4) is 0 Å². The van der Waals surface area contributed by atoms with Crippen LogP contribution in [0.5, 0.6) is 10.9 Å². The van der Waals surface area contributed by atoms with Gasteiger partial charge in [-0.05, 0) is 41.7 Å². The first kappa shape index (κ1) is 18.9. The predicted octanol–water partition coefficient (Wildman–Crippen LogP) is 3.12. The van der Waals surface area contributed by atoms with Crippen molar-refractivity contribution in [3.8, 4) is 22.2 Å². The highest BCUT2D eigenvalue weighted by Crippen LogP contribution is 2.29. The van der Waals surface area contributed by atoms with Crippen LogP contribution >= 0.6 is 22.9 Å². The van der Waals surface area contributed by atoms with E-state index in [1.807, 2.05) is 12.1 Å². The first-order valence-electron chi connectivity index (χ1n) is 8.44. The third-order valence-corrected chi connectivity index (χ3v) is 4.94. The standard InChI is InChI=1S/C19H14ClN5O3S/c20-13-6-4-11(5-7-13)15-10-25-18(23-15)29-19(24-25)28-14-3-1-2-12(8-14)17(27)22-9-16(21)26/h1-8,10H,9H2,(H2,21,26)(H,22,27). The molecule has 0 unspecified atom stereocenters. The van der Waals surface area contributed by atoms with Crippen molar-refractivity contribution < 1.29 is 14.3 Å². The van der Waals surface area contributed by atoms with Crippen LogP contribution in [0.2, 0.25) is 5.02 Å². The lowest BCUT2D eigenvalue weighted by Crippen LogP contribution is -2.33. The number of imidazole rings is 1. The van der Waals surface area contributed by atoms with Crippen LogP contribution in [0.4, 0.5) is 0 Å². The second kappa shape index (κ2) is 7.90. The Balaban J connectivity index is 1.50. The number of hydrogen-bond acceptors (Lipinski definition) is 6. The Kier molecular flexibility index (Phi) is 5.15. The average Bonchev–Trinajstić information content (AvgIpc) is 3.25. The molecule has 29 heavy (non-hydrogen) atoms. The molecule has 0 atom stereocenters. The minimum atomic E-state index is -0.616. The van der Waals surface area contributed by atoms with Gasteiger partial charge in [-0.3, -0.25) is 9.59 Å². The molecular weight excluding hydrogens is 414 g/mol. The van der Waals surface area contributed by atoms with Crippen molar-refractivity contribution in [2.24, 2.45) is 5.73 Å². The Labute approximate surface area is 173 Å². The molecule has 4 rings (SSSR count).